The van der Waals surface area contributed by atoms with Crippen molar-refractivity contribution in [2.24, 2.45) is 0 Å². The Labute approximate surface area is 89.7 Å². The molecule has 0 aromatic carbocycles. The maximum absolute atomic E-state index is 11.8. The molecule has 1 aromatic rings. The van der Waals surface area contributed by atoms with Gasteiger partial charge in [-0.05, 0) is 28.8 Å². The summed E-state index contributed by atoms with van der Waals surface area (Å²) in [6, 6.07) is 0. The van der Waals surface area contributed by atoms with Crippen molar-refractivity contribution in [1.82, 2.24) is 4.90 Å². The molecule has 1 aromatic heterocycles. The predicted octanol–water partition coefficient (Wildman–Crippen LogP) is 2.75. The Bertz CT molecular complexity index is 317. The summed E-state index contributed by atoms with van der Waals surface area (Å²) in [7, 11) is 0. The van der Waals surface area contributed by atoms with Crippen molar-refractivity contribution in [3.63, 3.8) is 0 Å². The molecule has 0 saturated carbocycles. The number of hydrogen-bond acceptors (Lipinski definition) is 2. The van der Waals surface area contributed by atoms with E-state index < -0.39 is 0 Å². The standard InChI is InChI=1S/C9H10BrNOS/c10-8-6-13-5-7(8)9(12)11-3-1-2-4-11/h5-6H,1-4H2. The Morgan fingerprint density at radius 1 is 1.38 bits per heavy atom. The second-order valence-electron chi connectivity index (χ2n) is 3.13. The van der Waals surface area contributed by atoms with Gasteiger partial charge in [0.2, 0.25) is 0 Å². The molecule has 2 rings (SSSR count). The Morgan fingerprint density at radius 2 is 2.08 bits per heavy atom. The second kappa shape index (κ2) is 3.80. The van der Waals surface area contributed by atoms with E-state index in [1.165, 1.54) is 0 Å². The molecule has 0 radical (unpaired) electrons. The first kappa shape index (κ1) is 9.21. The van der Waals surface area contributed by atoms with Gasteiger partial charge in [0.25, 0.3) is 5.91 Å². The summed E-state index contributed by atoms with van der Waals surface area (Å²) in [5.74, 6) is 0.172. The van der Waals surface area contributed by atoms with Crippen LogP contribution in [0.5, 0.6) is 0 Å². The van der Waals surface area contributed by atoms with Gasteiger partial charge in [-0.1, -0.05) is 0 Å². The van der Waals surface area contributed by atoms with Crippen molar-refractivity contribution in [1.29, 1.82) is 0 Å². The zero-order valence-electron chi connectivity index (χ0n) is 7.12. The number of halogens is 1. The quantitative estimate of drug-likeness (QED) is 0.760. The molecule has 1 amide bonds. The van der Waals surface area contributed by atoms with E-state index in [0.29, 0.717) is 0 Å². The van der Waals surface area contributed by atoms with E-state index in [1.807, 2.05) is 15.7 Å². The molecule has 70 valence electrons. The molecule has 1 fully saturated rings. The summed E-state index contributed by atoms with van der Waals surface area (Å²) >= 11 is 4.94. The minimum atomic E-state index is 0.172. The molecule has 0 N–H and O–H groups in total. The fourth-order valence-electron chi connectivity index (χ4n) is 1.52. The van der Waals surface area contributed by atoms with Crippen LogP contribution in [-0.2, 0) is 0 Å². The molecule has 1 aliphatic heterocycles. The number of carbonyl (C=O) groups is 1. The van der Waals surface area contributed by atoms with Crippen molar-refractivity contribution in [2.45, 2.75) is 12.8 Å². The highest BCUT2D eigenvalue weighted by atomic mass is 79.9. The van der Waals surface area contributed by atoms with Crippen molar-refractivity contribution < 1.29 is 4.79 Å². The minimum Gasteiger partial charge on any atom is -0.339 e. The van der Waals surface area contributed by atoms with Gasteiger partial charge in [0.15, 0.2) is 0 Å². The van der Waals surface area contributed by atoms with Crippen LogP contribution >= 0.6 is 27.3 Å². The summed E-state index contributed by atoms with van der Waals surface area (Å²) in [6.07, 6.45) is 2.29. The SMILES string of the molecule is O=C(c1cscc1Br)N1CCCC1. The van der Waals surface area contributed by atoms with E-state index in [-0.39, 0.29) is 5.91 Å². The highest BCUT2D eigenvalue weighted by Gasteiger charge is 2.21. The lowest BCUT2D eigenvalue weighted by Gasteiger charge is -2.14. The average molecular weight is 260 g/mol. The molecule has 0 aliphatic carbocycles. The maximum atomic E-state index is 11.8. The number of thiophene rings is 1. The molecule has 1 saturated heterocycles. The van der Waals surface area contributed by atoms with Crippen molar-refractivity contribution in [2.75, 3.05) is 13.1 Å². The number of hydrogen-bond donors (Lipinski definition) is 0. The Morgan fingerprint density at radius 3 is 2.62 bits per heavy atom. The van der Waals surface area contributed by atoms with Gasteiger partial charge in [0.05, 0.1) is 5.56 Å². The molecule has 0 spiro atoms. The number of carbonyl (C=O) groups excluding carboxylic acids is 1. The highest BCUT2D eigenvalue weighted by molar-refractivity contribution is 9.10. The first-order valence-electron chi connectivity index (χ1n) is 4.30. The minimum absolute atomic E-state index is 0.172. The third kappa shape index (κ3) is 1.79. The first-order chi connectivity index (χ1) is 6.29. The van der Waals surface area contributed by atoms with Gasteiger partial charge in [-0.2, -0.15) is 11.3 Å². The molecule has 1 aliphatic rings. The van der Waals surface area contributed by atoms with Crippen LogP contribution in [-0.4, -0.2) is 23.9 Å². The van der Waals surface area contributed by atoms with Crippen LogP contribution in [0.25, 0.3) is 0 Å². The van der Waals surface area contributed by atoms with Gasteiger partial charge in [0, 0.05) is 28.3 Å². The van der Waals surface area contributed by atoms with Gasteiger partial charge in [0.1, 0.15) is 0 Å². The van der Waals surface area contributed by atoms with Gasteiger partial charge in [-0.25, -0.2) is 0 Å². The fraction of sp³-hybridized carbons (Fsp3) is 0.444. The molecule has 0 unspecified atom stereocenters. The Kier molecular flexibility index (Phi) is 2.69. The number of rotatable bonds is 1. The molecule has 0 bridgehead atoms. The molecule has 2 nitrogen and oxygen atoms in total. The van der Waals surface area contributed by atoms with Gasteiger partial charge in [-0.15, -0.1) is 0 Å². The van der Waals surface area contributed by atoms with Gasteiger partial charge < -0.3 is 4.90 Å². The van der Waals surface area contributed by atoms with Crippen LogP contribution in [0.15, 0.2) is 15.2 Å². The number of likely N-dealkylation sites (tertiary alicyclic amines) is 1. The number of amides is 1. The van der Waals surface area contributed by atoms with E-state index in [1.54, 1.807) is 11.3 Å². The molecule has 4 heteroatoms. The largest absolute Gasteiger partial charge is 0.339 e. The highest BCUT2D eigenvalue weighted by Crippen LogP contribution is 2.24. The molecule has 0 atom stereocenters. The summed E-state index contributed by atoms with van der Waals surface area (Å²) in [6.45, 7) is 1.84. The van der Waals surface area contributed by atoms with Crippen molar-refractivity contribution >= 4 is 33.2 Å². The van der Waals surface area contributed by atoms with Crippen LogP contribution in [0.1, 0.15) is 23.2 Å². The van der Waals surface area contributed by atoms with Crippen LogP contribution in [0.3, 0.4) is 0 Å². The smallest absolute Gasteiger partial charge is 0.255 e. The van der Waals surface area contributed by atoms with Crippen LogP contribution in [0.2, 0.25) is 0 Å². The normalized spacial score (nSPS) is 16.5. The second-order valence-corrected chi connectivity index (χ2v) is 4.73. The zero-order chi connectivity index (χ0) is 9.26. The van der Waals surface area contributed by atoms with Crippen LogP contribution in [0.4, 0.5) is 0 Å². The zero-order valence-corrected chi connectivity index (χ0v) is 9.53. The van der Waals surface area contributed by atoms with Crippen molar-refractivity contribution in [3.8, 4) is 0 Å². The van der Waals surface area contributed by atoms with Gasteiger partial charge >= 0.3 is 0 Å². The topological polar surface area (TPSA) is 20.3 Å². The van der Waals surface area contributed by atoms with Crippen molar-refractivity contribution in [3.05, 3.63) is 20.8 Å². The third-order valence-electron chi connectivity index (χ3n) is 2.24. The summed E-state index contributed by atoms with van der Waals surface area (Å²) in [4.78, 5) is 13.8. The van der Waals surface area contributed by atoms with Gasteiger partial charge in [-0.3, -0.25) is 4.79 Å². The summed E-state index contributed by atoms with van der Waals surface area (Å²) in [5, 5.41) is 3.86. The first-order valence-corrected chi connectivity index (χ1v) is 6.03. The lowest BCUT2D eigenvalue weighted by Crippen LogP contribution is -2.27. The third-order valence-corrected chi connectivity index (χ3v) is 3.94. The van der Waals surface area contributed by atoms with E-state index in [4.69, 9.17) is 0 Å². The van der Waals surface area contributed by atoms with E-state index in [0.717, 1.165) is 36.0 Å². The monoisotopic (exact) mass is 259 g/mol. The summed E-state index contributed by atoms with van der Waals surface area (Å²) in [5.41, 5.74) is 0.812. The van der Waals surface area contributed by atoms with Crippen LogP contribution < -0.4 is 0 Å². The molecular formula is C9H10BrNOS. The Hall–Kier alpha value is -0.350. The van der Waals surface area contributed by atoms with E-state index in [2.05, 4.69) is 15.9 Å². The molecule has 13 heavy (non-hydrogen) atoms. The molecule has 2 heterocycles. The van der Waals surface area contributed by atoms with E-state index >= 15 is 0 Å². The number of nitrogens with zero attached hydrogens (tertiary/aromatic N) is 1. The van der Waals surface area contributed by atoms with Crippen LogP contribution in [0, 0.1) is 0 Å². The fourth-order valence-corrected chi connectivity index (χ4v) is 2.96. The Balaban J connectivity index is 2.17. The maximum Gasteiger partial charge on any atom is 0.255 e. The predicted molar refractivity (Wildman–Crippen MR) is 57.2 cm³/mol. The lowest BCUT2D eigenvalue weighted by molar-refractivity contribution is 0.0792. The average Bonchev–Trinajstić information content (AvgIpc) is 2.72. The lowest BCUT2D eigenvalue weighted by atomic mass is 10.3. The summed E-state index contributed by atoms with van der Waals surface area (Å²) < 4.78 is 0.925. The van der Waals surface area contributed by atoms with E-state index in [9.17, 15) is 4.79 Å². The molecular weight excluding hydrogens is 250 g/mol.